The van der Waals surface area contributed by atoms with Crippen molar-refractivity contribution in [3.05, 3.63) is 16.3 Å². The molecule has 1 saturated carbocycles. The van der Waals surface area contributed by atoms with Crippen molar-refractivity contribution in [1.29, 1.82) is 0 Å². The molecule has 0 spiro atoms. The van der Waals surface area contributed by atoms with Gasteiger partial charge in [-0.2, -0.15) is 0 Å². The van der Waals surface area contributed by atoms with Gasteiger partial charge in [0.1, 0.15) is 5.75 Å². The van der Waals surface area contributed by atoms with Gasteiger partial charge >= 0.3 is 0 Å². The lowest BCUT2D eigenvalue weighted by molar-refractivity contribution is 0.317. The van der Waals surface area contributed by atoms with Crippen LogP contribution in [0.15, 0.2) is 11.4 Å². The molecule has 1 aromatic heterocycles. The standard InChI is InChI=1S/C13H21NOS/c1-15-12-7-8-16-13(12)11(14)9-10-5-3-2-4-6-10/h7-8,10-11H,2-6,9,14H2,1H3. The number of methoxy groups -OCH3 is 1. The lowest BCUT2D eigenvalue weighted by Crippen LogP contribution is -2.17. The SMILES string of the molecule is COc1ccsc1C(N)CC1CCCCC1. The van der Waals surface area contributed by atoms with Gasteiger partial charge in [-0.15, -0.1) is 11.3 Å². The van der Waals surface area contributed by atoms with Gasteiger partial charge in [0.2, 0.25) is 0 Å². The zero-order chi connectivity index (χ0) is 11.4. The lowest BCUT2D eigenvalue weighted by atomic mass is 9.84. The minimum Gasteiger partial charge on any atom is -0.496 e. The molecule has 2 nitrogen and oxygen atoms in total. The number of hydrogen-bond donors (Lipinski definition) is 1. The number of rotatable bonds is 4. The van der Waals surface area contributed by atoms with Crippen molar-refractivity contribution >= 4 is 11.3 Å². The average Bonchev–Trinajstić information content (AvgIpc) is 2.78. The van der Waals surface area contributed by atoms with E-state index in [2.05, 4.69) is 5.38 Å². The minimum absolute atomic E-state index is 0.165. The molecule has 1 aliphatic rings. The highest BCUT2D eigenvalue weighted by atomic mass is 32.1. The van der Waals surface area contributed by atoms with Crippen molar-refractivity contribution in [2.24, 2.45) is 11.7 Å². The van der Waals surface area contributed by atoms with Crippen molar-refractivity contribution in [2.75, 3.05) is 7.11 Å². The zero-order valence-corrected chi connectivity index (χ0v) is 10.8. The van der Waals surface area contributed by atoms with Crippen LogP contribution in [-0.4, -0.2) is 7.11 Å². The summed E-state index contributed by atoms with van der Waals surface area (Å²) in [6, 6.07) is 2.18. The molecular weight excluding hydrogens is 218 g/mol. The summed E-state index contributed by atoms with van der Waals surface area (Å²) in [5, 5.41) is 2.06. The number of ether oxygens (including phenoxy) is 1. The lowest BCUT2D eigenvalue weighted by Gasteiger charge is -2.24. The molecule has 2 rings (SSSR count). The van der Waals surface area contributed by atoms with E-state index >= 15 is 0 Å². The van der Waals surface area contributed by atoms with Crippen LogP contribution < -0.4 is 10.5 Å². The van der Waals surface area contributed by atoms with Crippen LogP contribution in [0, 0.1) is 5.92 Å². The second-order valence-corrected chi connectivity index (χ2v) is 5.65. The molecule has 0 amide bonds. The molecule has 90 valence electrons. The third-order valence-electron chi connectivity index (χ3n) is 3.53. The van der Waals surface area contributed by atoms with Crippen LogP contribution in [0.2, 0.25) is 0 Å². The van der Waals surface area contributed by atoms with Crippen LogP contribution in [0.25, 0.3) is 0 Å². The topological polar surface area (TPSA) is 35.2 Å². The Morgan fingerprint density at radius 2 is 2.19 bits per heavy atom. The molecule has 16 heavy (non-hydrogen) atoms. The van der Waals surface area contributed by atoms with Gasteiger partial charge in [-0.1, -0.05) is 32.1 Å². The smallest absolute Gasteiger partial charge is 0.134 e. The summed E-state index contributed by atoms with van der Waals surface area (Å²) in [5.41, 5.74) is 6.28. The Labute approximate surface area is 102 Å². The molecular formula is C13H21NOS. The molecule has 3 heteroatoms. The summed E-state index contributed by atoms with van der Waals surface area (Å²) in [5.74, 6) is 1.80. The summed E-state index contributed by atoms with van der Waals surface area (Å²) in [6.45, 7) is 0. The normalized spacial score (nSPS) is 19.6. The Hall–Kier alpha value is -0.540. The Morgan fingerprint density at radius 1 is 1.44 bits per heavy atom. The first-order chi connectivity index (χ1) is 7.81. The summed E-state index contributed by atoms with van der Waals surface area (Å²) in [7, 11) is 1.72. The Morgan fingerprint density at radius 3 is 2.88 bits per heavy atom. The summed E-state index contributed by atoms with van der Waals surface area (Å²) >= 11 is 1.72. The van der Waals surface area contributed by atoms with Gasteiger partial charge < -0.3 is 10.5 Å². The second-order valence-electron chi connectivity index (χ2n) is 4.70. The fourth-order valence-electron chi connectivity index (χ4n) is 2.64. The minimum atomic E-state index is 0.165. The molecule has 0 radical (unpaired) electrons. The van der Waals surface area contributed by atoms with Crippen LogP contribution in [0.1, 0.15) is 49.4 Å². The molecule has 1 aliphatic carbocycles. The molecule has 1 atom stereocenters. The molecule has 0 aromatic carbocycles. The number of nitrogens with two attached hydrogens (primary N) is 1. The predicted octanol–water partition coefficient (Wildman–Crippen LogP) is 3.73. The van der Waals surface area contributed by atoms with Crippen molar-refractivity contribution < 1.29 is 4.74 Å². The first kappa shape index (κ1) is 11.9. The van der Waals surface area contributed by atoms with Crippen molar-refractivity contribution in [3.8, 4) is 5.75 Å². The van der Waals surface area contributed by atoms with E-state index < -0.39 is 0 Å². The summed E-state index contributed by atoms with van der Waals surface area (Å²) < 4.78 is 5.33. The highest BCUT2D eigenvalue weighted by Gasteiger charge is 2.20. The fourth-order valence-corrected chi connectivity index (χ4v) is 3.51. The third kappa shape index (κ3) is 2.77. The largest absolute Gasteiger partial charge is 0.496 e. The van der Waals surface area contributed by atoms with E-state index in [1.807, 2.05) is 6.07 Å². The maximum absolute atomic E-state index is 6.28. The quantitative estimate of drug-likeness (QED) is 0.869. The third-order valence-corrected chi connectivity index (χ3v) is 4.56. The van der Waals surface area contributed by atoms with E-state index in [1.54, 1.807) is 18.4 Å². The first-order valence-corrected chi connectivity index (χ1v) is 7.06. The van der Waals surface area contributed by atoms with E-state index in [9.17, 15) is 0 Å². The van der Waals surface area contributed by atoms with E-state index in [-0.39, 0.29) is 6.04 Å². The number of hydrogen-bond acceptors (Lipinski definition) is 3. The fraction of sp³-hybridized carbons (Fsp3) is 0.692. The molecule has 1 fully saturated rings. The zero-order valence-electron chi connectivity index (χ0n) is 9.95. The van der Waals surface area contributed by atoms with E-state index in [0.29, 0.717) is 0 Å². The molecule has 0 aliphatic heterocycles. The van der Waals surface area contributed by atoms with Crippen LogP contribution in [0.4, 0.5) is 0 Å². The molecule has 1 unspecified atom stereocenters. The maximum atomic E-state index is 6.28. The van der Waals surface area contributed by atoms with Crippen molar-refractivity contribution in [1.82, 2.24) is 0 Å². The van der Waals surface area contributed by atoms with Gasteiger partial charge in [-0.25, -0.2) is 0 Å². The van der Waals surface area contributed by atoms with E-state index in [1.165, 1.54) is 37.0 Å². The maximum Gasteiger partial charge on any atom is 0.134 e. The Balaban J connectivity index is 1.93. The van der Waals surface area contributed by atoms with Gasteiger partial charge in [0, 0.05) is 6.04 Å². The van der Waals surface area contributed by atoms with Gasteiger partial charge in [0.15, 0.2) is 0 Å². The van der Waals surface area contributed by atoms with E-state index in [4.69, 9.17) is 10.5 Å². The van der Waals surface area contributed by atoms with Crippen LogP contribution >= 0.6 is 11.3 Å². The summed E-state index contributed by atoms with van der Waals surface area (Å²) in [4.78, 5) is 1.22. The van der Waals surface area contributed by atoms with Crippen LogP contribution in [0.3, 0.4) is 0 Å². The van der Waals surface area contributed by atoms with Crippen LogP contribution in [0.5, 0.6) is 5.75 Å². The van der Waals surface area contributed by atoms with Gasteiger partial charge in [-0.05, 0) is 23.8 Å². The highest BCUT2D eigenvalue weighted by molar-refractivity contribution is 7.10. The Bertz CT molecular complexity index is 317. The van der Waals surface area contributed by atoms with Gasteiger partial charge in [0.05, 0.1) is 12.0 Å². The summed E-state index contributed by atoms with van der Waals surface area (Å²) in [6.07, 6.45) is 8.03. The monoisotopic (exact) mass is 239 g/mol. The van der Waals surface area contributed by atoms with Crippen molar-refractivity contribution in [2.45, 2.75) is 44.6 Å². The first-order valence-electron chi connectivity index (χ1n) is 6.18. The highest BCUT2D eigenvalue weighted by Crippen LogP contribution is 2.36. The molecule has 0 saturated heterocycles. The molecule has 1 heterocycles. The Kier molecular flexibility index (Phi) is 4.24. The molecule has 0 bridgehead atoms. The second kappa shape index (κ2) is 5.69. The average molecular weight is 239 g/mol. The van der Waals surface area contributed by atoms with Gasteiger partial charge in [0.25, 0.3) is 0 Å². The predicted molar refractivity (Wildman–Crippen MR) is 69.0 cm³/mol. The number of thiophene rings is 1. The molecule has 2 N–H and O–H groups in total. The molecule has 1 aromatic rings. The van der Waals surface area contributed by atoms with E-state index in [0.717, 1.165) is 18.1 Å². The van der Waals surface area contributed by atoms with Crippen molar-refractivity contribution in [3.63, 3.8) is 0 Å². The van der Waals surface area contributed by atoms with Crippen LogP contribution in [-0.2, 0) is 0 Å². The van der Waals surface area contributed by atoms with Gasteiger partial charge in [-0.3, -0.25) is 0 Å².